The van der Waals surface area contributed by atoms with Crippen LogP contribution in [0.4, 0.5) is 0 Å². The number of halogens is 1. The summed E-state index contributed by atoms with van der Waals surface area (Å²) in [7, 11) is 0. The lowest BCUT2D eigenvalue weighted by atomic mass is 10.00. The summed E-state index contributed by atoms with van der Waals surface area (Å²) in [5.41, 5.74) is 1.99. The predicted octanol–water partition coefficient (Wildman–Crippen LogP) is 2.24. The minimum atomic E-state index is -0.213. The monoisotopic (exact) mass is 180 g/mol. The molecule has 2 nitrogen and oxygen atoms in total. The number of nitrogens with zero attached hydrogens (tertiary/aromatic N) is 2. The van der Waals surface area contributed by atoms with Gasteiger partial charge in [-0.1, -0.05) is 0 Å². The Kier molecular flexibility index (Phi) is 3.07. The van der Waals surface area contributed by atoms with E-state index in [9.17, 15) is 0 Å². The van der Waals surface area contributed by atoms with Crippen LogP contribution in [0.2, 0.25) is 0 Å². The predicted molar refractivity (Wildman–Crippen MR) is 48.0 cm³/mol. The average Bonchev–Trinajstić information content (AvgIpc) is 2.10. The number of nitriles is 1. The second-order valence-electron chi connectivity index (χ2n) is 2.57. The molecule has 1 heterocycles. The number of rotatable bonds is 2. The molecule has 3 heteroatoms. The topological polar surface area (TPSA) is 36.7 Å². The Balaban J connectivity index is 3.02. The second kappa shape index (κ2) is 4.08. The van der Waals surface area contributed by atoms with E-state index in [2.05, 4.69) is 11.1 Å². The van der Waals surface area contributed by atoms with E-state index < -0.39 is 0 Å². The smallest absolute Gasteiger partial charge is 0.0851 e. The molecule has 1 aromatic rings. The van der Waals surface area contributed by atoms with Gasteiger partial charge in [0.15, 0.2) is 0 Å². The molecule has 0 aliphatic rings. The highest BCUT2D eigenvalue weighted by atomic mass is 35.5. The van der Waals surface area contributed by atoms with Crippen LogP contribution in [0.5, 0.6) is 0 Å². The quantitative estimate of drug-likeness (QED) is 0.655. The van der Waals surface area contributed by atoms with Crippen molar-refractivity contribution < 1.29 is 0 Å². The number of hydrogen-bond donors (Lipinski definition) is 0. The van der Waals surface area contributed by atoms with Crippen LogP contribution in [0.1, 0.15) is 17.0 Å². The highest BCUT2D eigenvalue weighted by molar-refractivity contribution is 6.18. The molecule has 0 bridgehead atoms. The van der Waals surface area contributed by atoms with E-state index in [1.165, 1.54) is 0 Å². The Morgan fingerprint density at radius 3 is 3.00 bits per heavy atom. The fourth-order valence-corrected chi connectivity index (χ4v) is 1.30. The van der Waals surface area contributed by atoms with Gasteiger partial charge in [0.25, 0.3) is 0 Å². The molecule has 0 fully saturated rings. The summed E-state index contributed by atoms with van der Waals surface area (Å²) in [6.07, 6.45) is 3.42. The van der Waals surface area contributed by atoms with E-state index in [1.54, 1.807) is 12.4 Å². The molecule has 1 atom stereocenters. The number of alkyl halides is 1. The number of aryl methyl sites for hydroxylation is 1. The third kappa shape index (κ3) is 1.75. The molecule has 0 amide bonds. The van der Waals surface area contributed by atoms with Crippen LogP contribution in [0.3, 0.4) is 0 Å². The maximum absolute atomic E-state index is 8.75. The van der Waals surface area contributed by atoms with E-state index in [0.717, 1.165) is 11.1 Å². The Morgan fingerprint density at radius 2 is 2.50 bits per heavy atom. The van der Waals surface area contributed by atoms with Crippen molar-refractivity contribution in [3.05, 3.63) is 29.6 Å². The molecular weight excluding hydrogens is 172 g/mol. The van der Waals surface area contributed by atoms with E-state index >= 15 is 0 Å². The third-order valence-electron chi connectivity index (χ3n) is 1.75. The molecule has 0 saturated carbocycles. The molecular formula is C9H9ClN2. The first kappa shape index (κ1) is 9.02. The molecule has 1 aromatic heterocycles. The first-order chi connectivity index (χ1) is 5.79. The van der Waals surface area contributed by atoms with Crippen molar-refractivity contribution in [2.24, 2.45) is 0 Å². The molecule has 62 valence electrons. The maximum atomic E-state index is 8.75. The molecule has 0 spiro atoms. The summed E-state index contributed by atoms with van der Waals surface area (Å²) in [6, 6.07) is 3.99. The summed E-state index contributed by atoms with van der Waals surface area (Å²) in [4.78, 5) is 3.94. The molecule has 1 unspecified atom stereocenters. The van der Waals surface area contributed by atoms with Crippen molar-refractivity contribution in [3.63, 3.8) is 0 Å². The fraction of sp³-hybridized carbons (Fsp3) is 0.333. The molecule has 0 radical (unpaired) electrons. The third-order valence-corrected chi connectivity index (χ3v) is 2.06. The van der Waals surface area contributed by atoms with Crippen molar-refractivity contribution in [2.45, 2.75) is 12.8 Å². The van der Waals surface area contributed by atoms with Gasteiger partial charge in [-0.2, -0.15) is 5.26 Å². The Morgan fingerprint density at radius 1 is 1.75 bits per heavy atom. The largest absolute Gasteiger partial charge is 0.264 e. The van der Waals surface area contributed by atoms with Crippen LogP contribution in [0.25, 0.3) is 0 Å². The zero-order valence-corrected chi connectivity index (χ0v) is 7.54. The molecule has 0 N–H and O–H groups in total. The summed E-state index contributed by atoms with van der Waals surface area (Å²) >= 11 is 5.63. The van der Waals surface area contributed by atoms with Crippen LogP contribution in [-0.4, -0.2) is 10.9 Å². The van der Waals surface area contributed by atoms with Crippen molar-refractivity contribution in [2.75, 3.05) is 5.88 Å². The lowest BCUT2D eigenvalue weighted by Gasteiger charge is -2.07. The fourth-order valence-electron chi connectivity index (χ4n) is 1.06. The van der Waals surface area contributed by atoms with Gasteiger partial charge in [0.2, 0.25) is 0 Å². The van der Waals surface area contributed by atoms with Gasteiger partial charge in [-0.15, -0.1) is 11.6 Å². The van der Waals surface area contributed by atoms with Crippen LogP contribution in [-0.2, 0) is 0 Å². The lowest BCUT2D eigenvalue weighted by Crippen LogP contribution is -1.99. The van der Waals surface area contributed by atoms with Gasteiger partial charge >= 0.3 is 0 Å². The van der Waals surface area contributed by atoms with E-state index in [0.29, 0.717) is 5.88 Å². The minimum absolute atomic E-state index is 0.213. The molecule has 0 aromatic carbocycles. The summed E-state index contributed by atoms with van der Waals surface area (Å²) in [5.74, 6) is 0.121. The minimum Gasteiger partial charge on any atom is -0.264 e. The van der Waals surface area contributed by atoms with E-state index in [4.69, 9.17) is 16.9 Å². The average molecular weight is 181 g/mol. The first-order valence-electron chi connectivity index (χ1n) is 3.65. The van der Waals surface area contributed by atoms with Gasteiger partial charge in [0.05, 0.1) is 12.0 Å². The van der Waals surface area contributed by atoms with Crippen LogP contribution < -0.4 is 0 Å². The van der Waals surface area contributed by atoms with E-state index in [-0.39, 0.29) is 5.92 Å². The van der Waals surface area contributed by atoms with Crippen LogP contribution in [0, 0.1) is 18.3 Å². The van der Waals surface area contributed by atoms with Crippen molar-refractivity contribution >= 4 is 11.6 Å². The summed E-state index contributed by atoms with van der Waals surface area (Å²) in [5, 5.41) is 8.75. The number of aromatic nitrogens is 1. The molecule has 0 aliphatic heterocycles. The van der Waals surface area contributed by atoms with Gasteiger partial charge in [-0.3, -0.25) is 4.98 Å². The highest BCUT2D eigenvalue weighted by Crippen LogP contribution is 2.18. The van der Waals surface area contributed by atoms with Crippen LogP contribution in [0.15, 0.2) is 18.5 Å². The van der Waals surface area contributed by atoms with Gasteiger partial charge in [0, 0.05) is 18.3 Å². The SMILES string of the molecule is Cc1cnccc1C(C#N)CCl. The zero-order valence-electron chi connectivity index (χ0n) is 6.79. The van der Waals surface area contributed by atoms with Crippen molar-refractivity contribution in [1.82, 2.24) is 4.98 Å². The van der Waals surface area contributed by atoms with Gasteiger partial charge in [-0.25, -0.2) is 0 Å². The Bertz CT molecular complexity index is 304. The molecule has 0 saturated heterocycles. The maximum Gasteiger partial charge on any atom is 0.0851 e. The van der Waals surface area contributed by atoms with Gasteiger partial charge in [-0.05, 0) is 24.1 Å². The van der Waals surface area contributed by atoms with Gasteiger partial charge in [0.1, 0.15) is 0 Å². The van der Waals surface area contributed by atoms with Gasteiger partial charge < -0.3 is 0 Å². The standard InChI is InChI=1S/C9H9ClN2/c1-7-6-12-3-2-9(7)8(4-10)5-11/h2-3,6,8H,4H2,1H3. The Hall–Kier alpha value is -1.07. The van der Waals surface area contributed by atoms with E-state index in [1.807, 2.05) is 13.0 Å². The molecule has 12 heavy (non-hydrogen) atoms. The van der Waals surface area contributed by atoms with Crippen molar-refractivity contribution in [3.8, 4) is 6.07 Å². The summed E-state index contributed by atoms with van der Waals surface area (Å²) < 4.78 is 0. The molecule has 1 rings (SSSR count). The first-order valence-corrected chi connectivity index (χ1v) is 4.19. The van der Waals surface area contributed by atoms with Crippen LogP contribution >= 0.6 is 11.6 Å². The molecule has 0 aliphatic carbocycles. The number of pyridine rings is 1. The highest BCUT2D eigenvalue weighted by Gasteiger charge is 2.10. The number of hydrogen-bond acceptors (Lipinski definition) is 2. The Labute approximate surface area is 76.8 Å². The normalized spacial score (nSPS) is 12.1. The summed E-state index contributed by atoms with van der Waals surface area (Å²) in [6.45, 7) is 1.93. The zero-order chi connectivity index (χ0) is 8.97. The second-order valence-corrected chi connectivity index (χ2v) is 2.88. The lowest BCUT2D eigenvalue weighted by molar-refractivity contribution is 0.964. The van der Waals surface area contributed by atoms with Crippen molar-refractivity contribution in [1.29, 1.82) is 5.26 Å².